The van der Waals surface area contributed by atoms with Crippen LogP contribution < -0.4 is 4.74 Å². The fourth-order valence-electron chi connectivity index (χ4n) is 2.73. The van der Waals surface area contributed by atoms with Gasteiger partial charge in [-0.15, -0.1) is 0 Å². The molecule has 0 bridgehead atoms. The minimum Gasteiger partial charge on any atom is -0.508 e. The van der Waals surface area contributed by atoms with E-state index in [-0.39, 0.29) is 5.60 Å². The molecule has 20 heavy (non-hydrogen) atoms. The van der Waals surface area contributed by atoms with E-state index in [9.17, 15) is 5.11 Å². The third-order valence-corrected chi connectivity index (χ3v) is 4.23. The number of ether oxygens (including phenoxy) is 1. The topological polar surface area (TPSA) is 29.5 Å². The molecule has 0 aromatic heterocycles. The van der Waals surface area contributed by atoms with Crippen LogP contribution in [0.2, 0.25) is 0 Å². The average Bonchev–Trinajstić information content (AvgIpc) is 2.44. The summed E-state index contributed by atoms with van der Waals surface area (Å²) in [6.07, 6.45) is 9.63. The number of unbranched alkanes of at least 4 members (excludes halogenated alkanes) is 3. The Balaban J connectivity index is 2.10. The molecule has 0 saturated heterocycles. The van der Waals surface area contributed by atoms with Crippen molar-refractivity contribution < 1.29 is 9.84 Å². The van der Waals surface area contributed by atoms with Crippen LogP contribution in [0.3, 0.4) is 0 Å². The molecular weight excluding hydrogens is 248 g/mol. The van der Waals surface area contributed by atoms with Gasteiger partial charge in [0.05, 0.1) is 0 Å². The lowest BCUT2D eigenvalue weighted by Gasteiger charge is -2.33. The molecule has 1 atom stereocenters. The molecule has 0 amide bonds. The highest BCUT2D eigenvalue weighted by molar-refractivity contribution is 5.47. The number of rotatable bonds is 6. The molecule has 1 heterocycles. The van der Waals surface area contributed by atoms with Gasteiger partial charge in [-0.05, 0) is 55.9 Å². The zero-order valence-corrected chi connectivity index (χ0v) is 12.7. The summed E-state index contributed by atoms with van der Waals surface area (Å²) in [5.74, 6) is 1.18. The van der Waals surface area contributed by atoms with Gasteiger partial charge in [0.15, 0.2) is 0 Å². The first-order chi connectivity index (χ1) is 9.58. The summed E-state index contributed by atoms with van der Waals surface area (Å²) in [4.78, 5) is 0. The van der Waals surface area contributed by atoms with Crippen LogP contribution >= 0.6 is 0 Å². The summed E-state index contributed by atoms with van der Waals surface area (Å²) in [7, 11) is 0. The van der Waals surface area contributed by atoms with Crippen LogP contribution in [-0.4, -0.2) is 10.7 Å². The predicted molar refractivity (Wildman–Crippen MR) is 83.5 cm³/mol. The molecule has 0 saturated carbocycles. The van der Waals surface area contributed by atoms with Crippen LogP contribution in [0.15, 0.2) is 24.8 Å². The van der Waals surface area contributed by atoms with Gasteiger partial charge in [-0.25, -0.2) is 0 Å². The highest BCUT2D eigenvalue weighted by atomic mass is 16.5. The quantitative estimate of drug-likeness (QED) is 0.597. The lowest BCUT2D eigenvalue weighted by Crippen LogP contribution is -2.33. The van der Waals surface area contributed by atoms with E-state index in [2.05, 4.69) is 19.6 Å². The number of benzene rings is 1. The van der Waals surface area contributed by atoms with Crippen LogP contribution in [-0.2, 0) is 12.8 Å². The molecular formula is C18H26O2. The summed E-state index contributed by atoms with van der Waals surface area (Å²) in [6, 6.07) is 3.91. The van der Waals surface area contributed by atoms with Gasteiger partial charge in [-0.1, -0.05) is 32.8 Å². The lowest BCUT2D eigenvalue weighted by molar-refractivity contribution is 0.114. The van der Waals surface area contributed by atoms with E-state index in [4.69, 9.17) is 4.74 Å². The van der Waals surface area contributed by atoms with Crippen molar-refractivity contribution in [3.05, 3.63) is 35.9 Å². The van der Waals surface area contributed by atoms with Gasteiger partial charge in [0.2, 0.25) is 0 Å². The van der Waals surface area contributed by atoms with Crippen molar-refractivity contribution in [3.63, 3.8) is 0 Å². The van der Waals surface area contributed by atoms with Crippen molar-refractivity contribution in [3.8, 4) is 11.5 Å². The third-order valence-electron chi connectivity index (χ3n) is 4.23. The molecule has 0 spiro atoms. The summed E-state index contributed by atoms with van der Waals surface area (Å²) >= 11 is 0. The van der Waals surface area contributed by atoms with Crippen molar-refractivity contribution in [2.75, 3.05) is 0 Å². The molecule has 2 heteroatoms. The number of aryl methyl sites for hydroxylation is 2. The molecule has 1 aromatic carbocycles. The molecule has 2 rings (SSSR count). The molecule has 1 N–H and O–H groups in total. The molecule has 0 aliphatic carbocycles. The Kier molecular flexibility index (Phi) is 4.74. The first kappa shape index (κ1) is 15.0. The molecule has 110 valence electrons. The molecule has 1 unspecified atom stereocenters. The van der Waals surface area contributed by atoms with E-state index >= 15 is 0 Å². The minimum atomic E-state index is -0.303. The Bertz CT molecular complexity index is 479. The monoisotopic (exact) mass is 274 g/mol. The molecule has 0 radical (unpaired) electrons. The second-order valence-electron chi connectivity index (χ2n) is 6.02. The van der Waals surface area contributed by atoms with Crippen LogP contribution in [0.1, 0.15) is 57.1 Å². The summed E-state index contributed by atoms with van der Waals surface area (Å²) in [5.41, 5.74) is 1.97. The highest BCUT2D eigenvalue weighted by Crippen LogP contribution is 2.38. The Hall–Kier alpha value is -1.44. The second kappa shape index (κ2) is 6.34. The highest BCUT2D eigenvalue weighted by Gasteiger charge is 2.29. The van der Waals surface area contributed by atoms with Gasteiger partial charge in [0.25, 0.3) is 0 Å². The van der Waals surface area contributed by atoms with Crippen molar-refractivity contribution in [2.24, 2.45) is 0 Å². The van der Waals surface area contributed by atoms with Crippen LogP contribution in [0.4, 0.5) is 0 Å². The van der Waals surface area contributed by atoms with Gasteiger partial charge < -0.3 is 9.84 Å². The smallest absolute Gasteiger partial charge is 0.127 e. The number of hydrogen-bond acceptors (Lipinski definition) is 2. The number of phenols is 1. The van der Waals surface area contributed by atoms with E-state index in [1.807, 2.05) is 13.0 Å². The fraction of sp³-hybridized carbons (Fsp3) is 0.556. The van der Waals surface area contributed by atoms with Gasteiger partial charge in [0, 0.05) is 6.07 Å². The Labute approximate surface area is 122 Å². The number of fused-ring (bicyclic) bond motifs is 1. The van der Waals surface area contributed by atoms with E-state index in [1.54, 1.807) is 6.07 Å². The van der Waals surface area contributed by atoms with Crippen LogP contribution in [0, 0.1) is 0 Å². The molecule has 1 aromatic rings. The number of aromatic hydroxyl groups is 1. The maximum atomic E-state index is 10.2. The fourth-order valence-corrected chi connectivity index (χ4v) is 2.73. The summed E-state index contributed by atoms with van der Waals surface area (Å²) in [5, 5.41) is 10.2. The molecule has 1 aliphatic rings. The Morgan fingerprint density at radius 2 is 2.15 bits per heavy atom. The van der Waals surface area contributed by atoms with Crippen LogP contribution in [0.25, 0.3) is 0 Å². The van der Waals surface area contributed by atoms with Crippen molar-refractivity contribution in [1.29, 1.82) is 0 Å². The van der Waals surface area contributed by atoms with E-state index < -0.39 is 0 Å². The SMILES string of the molecule is C=CC1(C)CCc2cc(CCCCCC)c(O)cc2O1. The Morgan fingerprint density at radius 3 is 2.85 bits per heavy atom. The normalized spacial score (nSPS) is 21.1. The molecule has 2 nitrogen and oxygen atoms in total. The zero-order chi connectivity index (χ0) is 14.6. The largest absolute Gasteiger partial charge is 0.508 e. The first-order valence-corrected chi connectivity index (χ1v) is 7.75. The standard InChI is InChI=1S/C18H26O2/c1-4-6-7-8-9-14-12-15-10-11-18(3,5-2)20-17(15)13-16(14)19/h5,12-13,19H,2,4,6-11H2,1,3H3. The summed E-state index contributed by atoms with van der Waals surface area (Å²) < 4.78 is 5.97. The number of phenolic OH excluding ortho intramolecular Hbond substituents is 1. The summed E-state index contributed by atoms with van der Waals surface area (Å²) in [6.45, 7) is 8.09. The first-order valence-electron chi connectivity index (χ1n) is 7.75. The maximum absolute atomic E-state index is 10.2. The Morgan fingerprint density at radius 1 is 1.35 bits per heavy atom. The molecule has 0 fully saturated rings. The van der Waals surface area contributed by atoms with Gasteiger partial charge in [0.1, 0.15) is 17.1 Å². The van der Waals surface area contributed by atoms with Crippen molar-refractivity contribution >= 4 is 0 Å². The predicted octanol–water partition coefficient (Wildman–Crippen LogP) is 4.78. The van der Waals surface area contributed by atoms with E-state index in [0.29, 0.717) is 5.75 Å². The van der Waals surface area contributed by atoms with Crippen molar-refractivity contribution in [2.45, 2.75) is 64.4 Å². The van der Waals surface area contributed by atoms with Crippen molar-refractivity contribution in [1.82, 2.24) is 0 Å². The number of hydrogen-bond donors (Lipinski definition) is 1. The lowest BCUT2D eigenvalue weighted by atomic mass is 9.91. The minimum absolute atomic E-state index is 0.303. The van der Waals surface area contributed by atoms with E-state index in [1.165, 1.54) is 24.8 Å². The average molecular weight is 274 g/mol. The molecule has 1 aliphatic heterocycles. The maximum Gasteiger partial charge on any atom is 0.127 e. The van der Waals surface area contributed by atoms with Crippen LogP contribution in [0.5, 0.6) is 11.5 Å². The van der Waals surface area contributed by atoms with Gasteiger partial charge >= 0.3 is 0 Å². The van der Waals surface area contributed by atoms with E-state index in [0.717, 1.165) is 37.0 Å². The van der Waals surface area contributed by atoms with Gasteiger partial charge in [-0.2, -0.15) is 0 Å². The zero-order valence-electron chi connectivity index (χ0n) is 12.7. The second-order valence-corrected chi connectivity index (χ2v) is 6.02. The van der Waals surface area contributed by atoms with Gasteiger partial charge in [-0.3, -0.25) is 0 Å². The third kappa shape index (κ3) is 3.36.